The number of carbonyl (C=O) groups is 2. The topological polar surface area (TPSA) is 63.6 Å². The van der Waals surface area contributed by atoms with Gasteiger partial charge in [0, 0.05) is 11.1 Å². The molecule has 0 aliphatic carbocycles. The molecule has 2 rings (SSSR count). The lowest BCUT2D eigenvalue weighted by molar-refractivity contribution is -0.131. The minimum absolute atomic E-state index is 0.152. The van der Waals surface area contributed by atoms with Crippen LogP contribution in [0.2, 0.25) is 0 Å². The Morgan fingerprint density at radius 1 is 1.10 bits per heavy atom. The van der Waals surface area contributed by atoms with Crippen LogP contribution in [-0.4, -0.2) is 16.9 Å². The Balaban J connectivity index is 2.23. The Bertz CT molecular complexity index is 689. The lowest BCUT2D eigenvalue weighted by atomic mass is 10.0. The highest BCUT2D eigenvalue weighted by Crippen LogP contribution is 2.21. The van der Waals surface area contributed by atoms with Gasteiger partial charge in [0.15, 0.2) is 0 Å². The minimum Gasteiger partial charge on any atom is -0.489 e. The zero-order chi connectivity index (χ0) is 15.4. The van der Waals surface area contributed by atoms with E-state index in [1.807, 2.05) is 32.0 Å². The van der Waals surface area contributed by atoms with E-state index in [0.29, 0.717) is 5.56 Å². The second kappa shape index (κ2) is 6.22. The van der Waals surface area contributed by atoms with Gasteiger partial charge in [-0.05, 0) is 31.0 Å². The highest BCUT2D eigenvalue weighted by atomic mass is 16.5. The molecule has 0 aromatic heterocycles. The second-order valence-electron chi connectivity index (χ2n) is 4.85. The summed E-state index contributed by atoms with van der Waals surface area (Å²) in [5, 5.41) is 8.84. The summed E-state index contributed by atoms with van der Waals surface area (Å²) in [5.74, 6) is -1.66. The first kappa shape index (κ1) is 14.8. The Labute approximate surface area is 123 Å². The molecule has 4 heteroatoms. The smallest absolute Gasteiger partial charge is 0.377 e. The monoisotopic (exact) mass is 284 g/mol. The summed E-state index contributed by atoms with van der Waals surface area (Å²) in [4.78, 5) is 22.5. The van der Waals surface area contributed by atoms with E-state index in [0.717, 1.165) is 16.9 Å². The van der Waals surface area contributed by atoms with Crippen LogP contribution in [0.4, 0.5) is 0 Å². The van der Waals surface area contributed by atoms with Crippen molar-refractivity contribution in [1.82, 2.24) is 0 Å². The zero-order valence-corrected chi connectivity index (χ0v) is 11.9. The van der Waals surface area contributed by atoms with Gasteiger partial charge in [0.2, 0.25) is 0 Å². The molecular weight excluding hydrogens is 268 g/mol. The molecule has 0 saturated heterocycles. The van der Waals surface area contributed by atoms with Crippen molar-refractivity contribution in [2.75, 3.05) is 0 Å². The van der Waals surface area contributed by atoms with Crippen molar-refractivity contribution in [2.24, 2.45) is 0 Å². The average Bonchev–Trinajstić information content (AvgIpc) is 2.47. The maximum atomic E-state index is 11.6. The van der Waals surface area contributed by atoms with Crippen molar-refractivity contribution in [3.63, 3.8) is 0 Å². The van der Waals surface area contributed by atoms with Gasteiger partial charge in [0.25, 0.3) is 5.78 Å². The van der Waals surface area contributed by atoms with Crippen LogP contribution in [0.15, 0.2) is 42.5 Å². The number of aliphatic carboxylic acids is 1. The normalized spacial score (nSPS) is 10.2. The van der Waals surface area contributed by atoms with Gasteiger partial charge >= 0.3 is 5.97 Å². The first-order chi connectivity index (χ1) is 9.99. The van der Waals surface area contributed by atoms with E-state index < -0.39 is 11.8 Å². The summed E-state index contributed by atoms with van der Waals surface area (Å²) in [5.41, 5.74) is 2.79. The molecule has 0 spiro atoms. The lowest BCUT2D eigenvalue weighted by Gasteiger charge is -2.12. The first-order valence-corrected chi connectivity index (χ1v) is 6.54. The third-order valence-corrected chi connectivity index (χ3v) is 3.18. The molecular formula is C17H16O4. The van der Waals surface area contributed by atoms with Crippen molar-refractivity contribution in [2.45, 2.75) is 20.5 Å². The molecule has 4 nitrogen and oxygen atoms in total. The van der Waals surface area contributed by atoms with Crippen LogP contribution < -0.4 is 4.74 Å². The Hall–Kier alpha value is -2.62. The summed E-state index contributed by atoms with van der Waals surface area (Å²) in [6.45, 7) is 4.05. The van der Waals surface area contributed by atoms with Crippen molar-refractivity contribution in [1.29, 1.82) is 0 Å². The predicted octanol–water partition coefficient (Wildman–Crippen LogP) is 3.15. The number of carbonyl (C=O) groups excluding carboxylic acids is 1. The average molecular weight is 284 g/mol. The number of carboxylic acid groups (broad SMARTS) is 1. The van der Waals surface area contributed by atoms with E-state index in [9.17, 15) is 9.59 Å². The van der Waals surface area contributed by atoms with Gasteiger partial charge in [-0.15, -0.1) is 0 Å². The molecule has 0 unspecified atom stereocenters. The maximum Gasteiger partial charge on any atom is 0.377 e. The number of hydrogen-bond donors (Lipinski definition) is 1. The number of ketones is 1. The number of carboxylic acids is 1. The molecule has 2 aromatic rings. The molecule has 0 aliphatic rings. The summed E-state index contributed by atoms with van der Waals surface area (Å²) in [7, 11) is 0. The highest BCUT2D eigenvalue weighted by Gasteiger charge is 2.18. The van der Waals surface area contributed by atoms with Crippen LogP contribution in [0.5, 0.6) is 5.75 Å². The second-order valence-corrected chi connectivity index (χ2v) is 4.85. The molecule has 0 atom stereocenters. The van der Waals surface area contributed by atoms with Gasteiger partial charge in [0.05, 0.1) is 0 Å². The molecule has 1 N–H and O–H groups in total. The molecule has 2 aromatic carbocycles. The standard InChI is InChI=1S/C17H16O4/c1-11-7-8-12(2)15(9-11)21-10-13-5-3-4-6-14(13)16(18)17(19)20/h3-9H,10H2,1-2H3,(H,19,20). The van der Waals surface area contributed by atoms with Gasteiger partial charge in [-0.1, -0.05) is 36.4 Å². The van der Waals surface area contributed by atoms with E-state index >= 15 is 0 Å². The molecule has 0 aliphatic heterocycles. The van der Waals surface area contributed by atoms with Crippen LogP contribution >= 0.6 is 0 Å². The Morgan fingerprint density at radius 2 is 1.81 bits per heavy atom. The Morgan fingerprint density at radius 3 is 2.52 bits per heavy atom. The van der Waals surface area contributed by atoms with Crippen molar-refractivity contribution in [3.05, 3.63) is 64.7 Å². The lowest BCUT2D eigenvalue weighted by Crippen LogP contribution is -2.15. The number of aryl methyl sites for hydroxylation is 2. The van der Waals surface area contributed by atoms with Crippen molar-refractivity contribution >= 4 is 11.8 Å². The highest BCUT2D eigenvalue weighted by molar-refractivity contribution is 6.40. The van der Waals surface area contributed by atoms with Crippen LogP contribution in [0.3, 0.4) is 0 Å². The fourth-order valence-electron chi connectivity index (χ4n) is 2.00. The summed E-state index contributed by atoms with van der Waals surface area (Å²) in [6.07, 6.45) is 0. The van der Waals surface area contributed by atoms with Gasteiger partial charge in [-0.25, -0.2) is 4.79 Å². The van der Waals surface area contributed by atoms with Crippen LogP contribution in [0.1, 0.15) is 27.0 Å². The van der Waals surface area contributed by atoms with Crippen molar-refractivity contribution < 1.29 is 19.4 Å². The Kier molecular flexibility index (Phi) is 4.38. The van der Waals surface area contributed by atoms with Crippen LogP contribution in [0, 0.1) is 13.8 Å². The quantitative estimate of drug-likeness (QED) is 0.676. The molecule has 0 amide bonds. The van der Waals surface area contributed by atoms with E-state index in [1.165, 1.54) is 6.07 Å². The summed E-state index contributed by atoms with van der Waals surface area (Å²) < 4.78 is 5.73. The van der Waals surface area contributed by atoms with Crippen molar-refractivity contribution in [3.8, 4) is 5.75 Å². The molecule has 21 heavy (non-hydrogen) atoms. The molecule has 108 valence electrons. The third-order valence-electron chi connectivity index (χ3n) is 3.18. The SMILES string of the molecule is Cc1ccc(C)c(OCc2ccccc2C(=O)C(=O)O)c1. The molecule has 0 bridgehead atoms. The molecule has 0 fully saturated rings. The first-order valence-electron chi connectivity index (χ1n) is 6.54. The zero-order valence-electron chi connectivity index (χ0n) is 11.9. The van der Waals surface area contributed by atoms with E-state index in [1.54, 1.807) is 18.2 Å². The molecule has 0 heterocycles. The number of benzene rings is 2. The van der Waals surface area contributed by atoms with Crippen LogP contribution in [-0.2, 0) is 11.4 Å². The van der Waals surface area contributed by atoms with Gasteiger partial charge in [0.1, 0.15) is 12.4 Å². The fourth-order valence-corrected chi connectivity index (χ4v) is 2.00. The van der Waals surface area contributed by atoms with E-state index in [2.05, 4.69) is 0 Å². The van der Waals surface area contributed by atoms with Crippen LogP contribution in [0.25, 0.3) is 0 Å². The maximum absolute atomic E-state index is 11.6. The summed E-state index contributed by atoms with van der Waals surface area (Å²) in [6, 6.07) is 12.4. The number of hydrogen-bond acceptors (Lipinski definition) is 3. The number of ether oxygens (including phenoxy) is 1. The van der Waals surface area contributed by atoms with Gasteiger partial charge in [-0.3, -0.25) is 4.79 Å². The predicted molar refractivity (Wildman–Crippen MR) is 78.7 cm³/mol. The number of rotatable bonds is 5. The molecule has 0 saturated carbocycles. The van der Waals surface area contributed by atoms with E-state index in [4.69, 9.17) is 9.84 Å². The third kappa shape index (κ3) is 3.48. The van der Waals surface area contributed by atoms with Gasteiger partial charge in [-0.2, -0.15) is 0 Å². The minimum atomic E-state index is -1.46. The summed E-state index contributed by atoms with van der Waals surface area (Å²) >= 11 is 0. The van der Waals surface area contributed by atoms with Gasteiger partial charge < -0.3 is 9.84 Å². The fraction of sp³-hybridized carbons (Fsp3) is 0.176. The van der Waals surface area contributed by atoms with E-state index in [-0.39, 0.29) is 12.2 Å². The molecule has 0 radical (unpaired) electrons. The number of Topliss-reactive ketones (excluding diaryl/α,β-unsaturated/α-hetero) is 1. The largest absolute Gasteiger partial charge is 0.489 e.